The van der Waals surface area contributed by atoms with Crippen molar-refractivity contribution in [3.63, 3.8) is 0 Å². The first-order valence-electron chi connectivity index (χ1n) is 9.57. The van der Waals surface area contributed by atoms with Crippen LogP contribution < -0.4 is 5.32 Å². The van der Waals surface area contributed by atoms with Crippen LogP contribution in [0.4, 0.5) is 18.9 Å². The Hall–Kier alpha value is -3.09. The number of carbonyl (C=O) groups is 2. The number of carbonyl (C=O) groups excluding carboxylic acids is 2. The first-order chi connectivity index (χ1) is 14.1. The van der Waals surface area contributed by atoms with Gasteiger partial charge >= 0.3 is 12.1 Å². The van der Waals surface area contributed by atoms with Gasteiger partial charge in [0.1, 0.15) is 0 Å². The molecule has 0 saturated heterocycles. The SMILES string of the molecule is CC[C@H](C)c1ccccc1NC(=O)[C@@H](C)OC(=O)/C=C/c1cccc(C(F)(F)F)c1. The second-order valence-electron chi connectivity index (χ2n) is 6.92. The van der Waals surface area contributed by atoms with Crippen LogP contribution in [0, 0.1) is 0 Å². The fourth-order valence-electron chi connectivity index (χ4n) is 2.74. The third-order valence-corrected chi connectivity index (χ3v) is 4.65. The van der Waals surface area contributed by atoms with E-state index in [0.717, 1.165) is 30.2 Å². The molecule has 1 N–H and O–H groups in total. The summed E-state index contributed by atoms with van der Waals surface area (Å²) in [4.78, 5) is 24.4. The summed E-state index contributed by atoms with van der Waals surface area (Å²) in [6.07, 6.45) is -2.44. The van der Waals surface area contributed by atoms with E-state index in [2.05, 4.69) is 5.32 Å². The van der Waals surface area contributed by atoms with E-state index in [1.165, 1.54) is 25.1 Å². The molecule has 0 aliphatic carbocycles. The zero-order chi connectivity index (χ0) is 22.3. The largest absolute Gasteiger partial charge is 0.449 e. The fourth-order valence-corrected chi connectivity index (χ4v) is 2.74. The third kappa shape index (κ3) is 6.47. The molecule has 0 aromatic heterocycles. The van der Waals surface area contributed by atoms with Gasteiger partial charge in [0.25, 0.3) is 5.91 Å². The Morgan fingerprint density at radius 1 is 1.10 bits per heavy atom. The Balaban J connectivity index is 1.99. The number of esters is 1. The molecule has 160 valence electrons. The van der Waals surface area contributed by atoms with Crippen molar-refractivity contribution in [1.29, 1.82) is 0 Å². The Morgan fingerprint density at radius 3 is 2.47 bits per heavy atom. The molecular weight excluding hydrogens is 395 g/mol. The van der Waals surface area contributed by atoms with Gasteiger partial charge < -0.3 is 10.1 Å². The van der Waals surface area contributed by atoms with Crippen LogP contribution in [0.3, 0.4) is 0 Å². The summed E-state index contributed by atoms with van der Waals surface area (Å²) in [6, 6.07) is 11.9. The van der Waals surface area contributed by atoms with Gasteiger partial charge in [-0.3, -0.25) is 4.79 Å². The lowest BCUT2D eigenvalue weighted by Gasteiger charge is -2.17. The van der Waals surface area contributed by atoms with Gasteiger partial charge in [0.15, 0.2) is 6.10 Å². The lowest BCUT2D eigenvalue weighted by molar-refractivity contribution is -0.148. The minimum absolute atomic E-state index is 0.196. The van der Waals surface area contributed by atoms with E-state index in [1.807, 2.05) is 26.0 Å². The predicted octanol–water partition coefficient (Wildman–Crippen LogP) is 5.80. The highest BCUT2D eigenvalue weighted by atomic mass is 19.4. The van der Waals surface area contributed by atoms with Crippen LogP contribution >= 0.6 is 0 Å². The number of para-hydroxylation sites is 1. The van der Waals surface area contributed by atoms with Gasteiger partial charge in [0, 0.05) is 11.8 Å². The smallest absolute Gasteiger partial charge is 0.416 e. The van der Waals surface area contributed by atoms with Gasteiger partial charge in [0.2, 0.25) is 0 Å². The molecule has 0 fully saturated rings. The summed E-state index contributed by atoms with van der Waals surface area (Å²) in [5, 5.41) is 2.76. The molecule has 0 aliphatic heterocycles. The Kier molecular flexibility index (Phi) is 7.80. The van der Waals surface area contributed by atoms with Crippen molar-refractivity contribution in [2.24, 2.45) is 0 Å². The molecule has 0 heterocycles. The first kappa shape index (κ1) is 23.2. The van der Waals surface area contributed by atoms with Gasteiger partial charge in [-0.15, -0.1) is 0 Å². The van der Waals surface area contributed by atoms with Crippen LogP contribution in [-0.4, -0.2) is 18.0 Å². The summed E-state index contributed by atoms with van der Waals surface area (Å²) < 4.78 is 43.3. The summed E-state index contributed by atoms with van der Waals surface area (Å²) >= 11 is 0. The van der Waals surface area contributed by atoms with Crippen LogP contribution in [-0.2, 0) is 20.5 Å². The molecule has 30 heavy (non-hydrogen) atoms. The van der Waals surface area contributed by atoms with Crippen LogP contribution in [0.5, 0.6) is 0 Å². The van der Waals surface area contributed by atoms with E-state index >= 15 is 0 Å². The summed E-state index contributed by atoms with van der Waals surface area (Å²) in [6.45, 7) is 5.52. The monoisotopic (exact) mass is 419 g/mol. The van der Waals surface area contributed by atoms with Gasteiger partial charge in [-0.05, 0) is 54.7 Å². The van der Waals surface area contributed by atoms with Crippen molar-refractivity contribution in [2.75, 3.05) is 5.32 Å². The number of rotatable bonds is 7. The van der Waals surface area contributed by atoms with Gasteiger partial charge in [-0.1, -0.05) is 44.2 Å². The highest BCUT2D eigenvalue weighted by molar-refractivity contribution is 5.97. The van der Waals surface area contributed by atoms with E-state index in [-0.39, 0.29) is 11.5 Å². The van der Waals surface area contributed by atoms with Crippen molar-refractivity contribution in [2.45, 2.75) is 45.4 Å². The molecule has 0 spiro atoms. The van der Waals surface area contributed by atoms with Crippen molar-refractivity contribution in [3.05, 3.63) is 71.3 Å². The van der Waals surface area contributed by atoms with Crippen molar-refractivity contribution in [3.8, 4) is 0 Å². The second kappa shape index (κ2) is 10.1. The van der Waals surface area contributed by atoms with Gasteiger partial charge in [-0.2, -0.15) is 13.2 Å². The Morgan fingerprint density at radius 2 is 1.80 bits per heavy atom. The van der Waals surface area contributed by atoms with Crippen molar-refractivity contribution < 1.29 is 27.5 Å². The van der Waals surface area contributed by atoms with Crippen molar-refractivity contribution in [1.82, 2.24) is 0 Å². The normalized spacial score (nSPS) is 13.7. The number of amides is 1. The highest BCUT2D eigenvalue weighted by Crippen LogP contribution is 2.30. The maximum absolute atomic E-state index is 12.7. The number of alkyl halides is 3. The number of hydrogen-bond acceptors (Lipinski definition) is 3. The highest BCUT2D eigenvalue weighted by Gasteiger charge is 2.30. The minimum Gasteiger partial charge on any atom is -0.449 e. The predicted molar refractivity (Wildman–Crippen MR) is 110 cm³/mol. The van der Waals surface area contributed by atoms with Crippen LogP contribution in [0.2, 0.25) is 0 Å². The molecule has 2 atom stereocenters. The average Bonchev–Trinajstić information content (AvgIpc) is 2.71. The molecule has 0 radical (unpaired) electrons. The van der Waals surface area contributed by atoms with Crippen molar-refractivity contribution >= 4 is 23.6 Å². The third-order valence-electron chi connectivity index (χ3n) is 4.65. The molecule has 0 unspecified atom stereocenters. The molecule has 2 aromatic carbocycles. The second-order valence-corrected chi connectivity index (χ2v) is 6.92. The summed E-state index contributed by atoms with van der Waals surface area (Å²) in [7, 11) is 0. The summed E-state index contributed by atoms with van der Waals surface area (Å²) in [5.74, 6) is -1.08. The van der Waals surface area contributed by atoms with E-state index in [0.29, 0.717) is 5.69 Å². The van der Waals surface area contributed by atoms with Gasteiger partial charge in [-0.25, -0.2) is 4.79 Å². The van der Waals surface area contributed by atoms with Gasteiger partial charge in [0.05, 0.1) is 5.56 Å². The topological polar surface area (TPSA) is 55.4 Å². The molecule has 4 nitrogen and oxygen atoms in total. The van der Waals surface area contributed by atoms with Crippen LogP contribution in [0.25, 0.3) is 6.08 Å². The molecule has 0 saturated carbocycles. The first-order valence-corrected chi connectivity index (χ1v) is 9.57. The molecule has 1 amide bonds. The molecule has 2 rings (SSSR count). The van der Waals surface area contributed by atoms with E-state index < -0.39 is 29.7 Å². The molecule has 7 heteroatoms. The lowest BCUT2D eigenvalue weighted by Crippen LogP contribution is -2.29. The maximum atomic E-state index is 12.7. The van der Waals surface area contributed by atoms with E-state index in [4.69, 9.17) is 4.74 Å². The van der Waals surface area contributed by atoms with E-state index in [1.54, 1.807) is 12.1 Å². The quantitative estimate of drug-likeness (QED) is 0.456. The average molecular weight is 419 g/mol. The summed E-state index contributed by atoms with van der Waals surface area (Å²) in [5.41, 5.74) is 1.02. The zero-order valence-corrected chi connectivity index (χ0v) is 17.0. The Bertz CT molecular complexity index is 922. The van der Waals surface area contributed by atoms with E-state index in [9.17, 15) is 22.8 Å². The number of benzene rings is 2. The number of anilines is 1. The molecular formula is C23H24F3NO3. The standard InChI is InChI=1S/C23H24F3NO3/c1-4-15(2)19-10-5-6-11-20(19)27-22(29)16(3)30-21(28)13-12-17-8-7-9-18(14-17)23(24,25)26/h5-16H,4H2,1-3H3,(H,27,29)/b13-12+/t15-,16+/m0/s1. The van der Waals surface area contributed by atoms with Crippen LogP contribution in [0.1, 0.15) is 49.8 Å². The zero-order valence-electron chi connectivity index (χ0n) is 17.0. The number of ether oxygens (including phenoxy) is 1. The number of halogens is 3. The maximum Gasteiger partial charge on any atom is 0.416 e. The Labute approximate surface area is 173 Å². The number of hydrogen-bond donors (Lipinski definition) is 1. The minimum atomic E-state index is -4.47. The molecule has 2 aromatic rings. The number of nitrogens with one attached hydrogen (secondary N) is 1. The fraction of sp³-hybridized carbons (Fsp3) is 0.304. The molecule has 0 bridgehead atoms. The molecule has 0 aliphatic rings. The lowest BCUT2D eigenvalue weighted by atomic mass is 9.97. The van der Waals surface area contributed by atoms with Crippen LogP contribution in [0.15, 0.2) is 54.6 Å².